The SMILES string of the molecule is Cc1ccc(C(=O)N2CCC(/C(N)=N/O)CC2)c(F)c1. The number of amides is 1. The molecule has 6 heteroatoms. The van der Waals surface area contributed by atoms with Crippen molar-refractivity contribution in [2.75, 3.05) is 13.1 Å². The molecule has 20 heavy (non-hydrogen) atoms. The van der Waals surface area contributed by atoms with E-state index in [1.165, 1.54) is 12.1 Å². The van der Waals surface area contributed by atoms with Crippen molar-refractivity contribution in [3.63, 3.8) is 0 Å². The van der Waals surface area contributed by atoms with E-state index in [9.17, 15) is 9.18 Å². The maximum Gasteiger partial charge on any atom is 0.256 e. The van der Waals surface area contributed by atoms with Gasteiger partial charge in [0, 0.05) is 19.0 Å². The number of carbonyl (C=O) groups excluding carboxylic acids is 1. The monoisotopic (exact) mass is 279 g/mol. The Labute approximate surface area is 116 Å². The number of nitrogens with zero attached hydrogens (tertiary/aromatic N) is 2. The number of benzene rings is 1. The van der Waals surface area contributed by atoms with Gasteiger partial charge in [-0.3, -0.25) is 4.79 Å². The van der Waals surface area contributed by atoms with Gasteiger partial charge in [0.25, 0.3) is 5.91 Å². The molecule has 1 aromatic carbocycles. The first kappa shape index (κ1) is 14.3. The van der Waals surface area contributed by atoms with Gasteiger partial charge in [-0.1, -0.05) is 11.2 Å². The van der Waals surface area contributed by atoms with Crippen LogP contribution in [-0.4, -0.2) is 34.9 Å². The number of hydrogen-bond donors (Lipinski definition) is 2. The van der Waals surface area contributed by atoms with Gasteiger partial charge in [-0.25, -0.2) is 4.39 Å². The van der Waals surface area contributed by atoms with Crippen molar-refractivity contribution in [2.24, 2.45) is 16.8 Å². The number of likely N-dealkylation sites (tertiary alicyclic amines) is 1. The fourth-order valence-electron chi connectivity index (χ4n) is 2.42. The summed E-state index contributed by atoms with van der Waals surface area (Å²) in [7, 11) is 0. The Bertz CT molecular complexity index is 537. The van der Waals surface area contributed by atoms with E-state index < -0.39 is 5.82 Å². The van der Waals surface area contributed by atoms with Gasteiger partial charge in [0.2, 0.25) is 0 Å². The van der Waals surface area contributed by atoms with Gasteiger partial charge >= 0.3 is 0 Å². The maximum atomic E-state index is 13.8. The summed E-state index contributed by atoms with van der Waals surface area (Å²) in [6, 6.07) is 4.60. The molecule has 1 heterocycles. The second-order valence-corrected chi connectivity index (χ2v) is 5.07. The Hall–Kier alpha value is -2.11. The second-order valence-electron chi connectivity index (χ2n) is 5.07. The Morgan fingerprint density at radius 2 is 2.10 bits per heavy atom. The van der Waals surface area contributed by atoms with E-state index in [1.54, 1.807) is 17.9 Å². The summed E-state index contributed by atoms with van der Waals surface area (Å²) < 4.78 is 13.8. The number of carbonyl (C=O) groups is 1. The molecule has 0 spiro atoms. The van der Waals surface area contributed by atoms with Crippen molar-refractivity contribution in [1.29, 1.82) is 0 Å². The number of hydrogen-bond acceptors (Lipinski definition) is 3. The van der Waals surface area contributed by atoms with Crippen LogP contribution in [0, 0.1) is 18.7 Å². The van der Waals surface area contributed by atoms with Gasteiger partial charge in [-0.15, -0.1) is 0 Å². The highest BCUT2D eigenvalue weighted by Gasteiger charge is 2.27. The molecule has 0 radical (unpaired) electrons. The van der Waals surface area contributed by atoms with Crippen LogP contribution in [0.3, 0.4) is 0 Å². The zero-order chi connectivity index (χ0) is 14.7. The highest BCUT2D eigenvalue weighted by molar-refractivity contribution is 5.94. The van der Waals surface area contributed by atoms with Crippen LogP contribution in [0.5, 0.6) is 0 Å². The van der Waals surface area contributed by atoms with Crippen LogP contribution in [-0.2, 0) is 0 Å². The molecule has 1 aromatic rings. The Morgan fingerprint density at radius 1 is 1.45 bits per heavy atom. The Balaban J connectivity index is 2.05. The van der Waals surface area contributed by atoms with E-state index in [4.69, 9.17) is 10.9 Å². The van der Waals surface area contributed by atoms with Crippen molar-refractivity contribution >= 4 is 11.7 Å². The molecule has 1 fully saturated rings. The largest absolute Gasteiger partial charge is 0.409 e. The normalized spacial score (nSPS) is 17.3. The number of oxime groups is 1. The molecule has 1 saturated heterocycles. The predicted molar refractivity (Wildman–Crippen MR) is 73.2 cm³/mol. The molecular formula is C14H18FN3O2. The van der Waals surface area contributed by atoms with Gasteiger partial charge in [-0.05, 0) is 37.5 Å². The van der Waals surface area contributed by atoms with Gasteiger partial charge in [0.05, 0.1) is 5.56 Å². The lowest BCUT2D eigenvalue weighted by Gasteiger charge is -2.31. The average molecular weight is 279 g/mol. The summed E-state index contributed by atoms with van der Waals surface area (Å²) >= 11 is 0. The van der Waals surface area contributed by atoms with E-state index in [0.717, 1.165) is 5.56 Å². The first-order valence-electron chi connectivity index (χ1n) is 6.55. The minimum Gasteiger partial charge on any atom is -0.409 e. The zero-order valence-electron chi connectivity index (χ0n) is 11.3. The first-order chi connectivity index (χ1) is 9.52. The number of rotatable bonds is 2. The van der Waals surface area contributed by atoms with Crippen LogP contribution in [0.15, 0.2) is 23.4 Å². The lowest BCUT2D eigenvalue weighted by atomic mass is 9.95. The lowest BCUT2D eigenvalue weighted by molar-refractivity contribution is 0.0704. The van der Waals surface area contributed by atoms with E-state index in [-0.39, 0.29) is 23.2 Å². The minimum atomic E-state index is -0.492. The van der Waals surface area contributed by atoms with Crippen LogP contribution < -0.4 is 5.73 Å². The minimum absolute atomic E-state index is 0.0214. The zero-order valence-corrected chi connectivity index (χ0v) is 11.3. The van der Waals surface area contributed by atoms with Gasteiger partial charge in [-0.2, -0.15) is 0 Å². The number of amidine groups is 1. The van der Waals surface area contributed by atoms with E-state index in [0.29, 0.717) is 25.9 Å². The standard InChI is InChI=1S/C14H18FN3O2/c1-9-2-3-11(12(15)8-9)14(19)18-6-4-10(5-7-18)13(16)17-20/h2-3,8,10,20H,4-7H2,1H3,(H2,16,17). The molecule has 1 amide bonds. The van der Waals surface area contributed by atoms with E-state index in [2.05, 4.69) is 5.16 Å². The molecule has 1 aliphatic rings. The van der Waals surface area contributed by atoms with Crippen LogP contribution in [0.4, 0.5) is 4.39 Å². The molecular weight excluding hydrogens is 261 g/mol. The quantitative estimate of drug-likeness (QED) is 0.374. The third-order valence-corrected chi connectivity index (χ3v) is 3.67. The molecule has 0 atom stereocenters. The molecule has 3 N–H and O–H groups in total. The van der Waals surface area contributed by atoms with Crippen molar-refractivity contribution in [2.45, 2.75) is 19.8 Å². The summed E-state index contributed by atoms with van der Waals surface area (Å²) in [6.45, 7) is 2.74. The molecule has 2 rings (SSSR count). The number of aryl methyl sites for hydroxylation is 1. The summed E-state index contributed by atoms with van der Waals surface area (Å²) in [5, 5.41) is 11.6. The summed E-state index contributed by atoms with van der Waals surface area (Å²) in [4.78, 5) is 13.9. The fourth-order valence-corrected chi connectivity index (χ4v) is 2.42. The van der Waals surface area contributed by atoms with Crippen LogP contribution in [0.25, 0.3) is 0 Å². The molecule has 108 valence electrons. The summed E-state index contributed by atoms with van der Waals surface area (Å²) in [5.41, 5.74) is 6.44. The van der Waals surface area contributed by atoms with Gasteiger partial charge in [0.15, 0.2) is 0 Å². The first-order valence-corrected chi connectivity index (χ1v) is 6.55. The van der Waals surface area contributed by atoms with E-state index in [1.807, 2.05) is 0 Å². The van der Waals surface area contributed by atoms with E-state index >= 15 is 0 Å². The molecule has 0 aliphatic carbocycles. The Morgan fingerprint density at radius 3 is 2.65 bits per heavy atom. The second kappa shape index (κ2) is 5.90. The number of halogens is 1. The highest BCUT2D eigenvalue weighted by Crippen LogP contribution is 2.20. The van der Waals surface area contributed by atoms with Crippen molar-refractivity contribution in [3.05, 3.63) is 35.1 Å². The third kappa shape index (κ3) is 2.89. The summed E-state index contributed by atoms with van der Waals surface area (Å²) in [5.74, 6) is -0.625. The molecule has 5 nitrogen and oxygen atoms in total. The van der Waals surface area contributed by atoms with Crippen molar-refractivity contribution in [3.8, 4) is 0 Å². The molecule has 0 saturated carbocycles. The Kier molecular flexibility index (Phi) is 4.22. The lowest BCUT2D eigenvalue weighted by Crippen LogP contribution is -2.42. The topological polar surface area (TPSA) is 78.9 Å². The third-order valence-electron chi connectivity index (χ3n) is 3.67. The van der Waals surface area contributed by atoms with Crippen molar-refractivity contribution < 1.29 is 14.4 Å². The predicted octanol–water partition coefficient (Wildman–Crippen LogP) is 1.73. The number of piperidine rings is 1. The fraction of sp³-hybridized carbons (Fsp3) is 0.429. The van der Waals surface area contributed by atoms with Crippen LogP contribution in [0.2, 0.25) is 0 Å². The average Bonchev–Trinajstić information content (AvgIpc) is 2.46. The molecule has 1 aliphatic heterocycles. The van der Waals surface area contributed by atoms with Crippen LogP contribution in [0.1, 0.15) is 28.8 Å². The maximum absolute atomic E-state index is 13.8. The molecule has 0 bridgehead atoms. The number of nitrogens with two attached hydrogens (primary N) is 1. The van der Waals surface area contributed by atoms with Gasteiger partial charge < -0.3 is 15.8 Å². The smallest absolute Gasteiger partial charge is 0.256 e. The van der Waals surface area contributed by atoms with Crippen LogP contribution >= 0.6 is 0 Å². The highest BCUT2D eigenvalue weighted by atomic mass is 19.1. The molecule has 0 aromatic heterocycles. The molecule has 0 unspecified atom stereocenters. The van der Waals surface area contributed by atoms with Crippen molar-refractivity contribution in [1.82, 2.24) is 4.90 Å². The van der Waals surface area contributed by atoms with Gasteiger partial charge in [0.1, 0.15) is 11.7 Å². The summed E-state index contributed by atoms with van der Waals surface area (Å²) in [6.07, 6.45) is 1.24.